The van der Waals surface area contributed by atoms with E-state index in [1.54, 1.807) is 0 Å². The smallest absolute Gasteiger partial charge is 0.322 e. The molecule has 1 rings (SSSR count). The molecule has 1 atom stereocenters. The zero-order chi connectivity index (χ0) is 14.7. The molecule has 2 N–H and O–H groups in total. The Morgan fingerprint density at radius 3 is 2.58 bits per heavy atom. The average molecular weight is 292 g/mol. The van der Waals surface area contributed by atoms with Crippen molar-refractivity contribution in [2.75, 3.05) is 13.1 Å². The van der Waals surface area contributed by atoms with Crippen molar-refractivity contribution in [3.63, 3.8) is 0 Å². The molecule has 6 nitrogen and oxygen atoms in total. The van der Waals surface area contributed by atoms with Gasteiger partial charge in [-0.3, -0.25) is 4.79 Å². The Hall–Kier alpha value is -0.660. The summed E-state index contributed by atoms with van der Waals surface area (Å²) in [5, 5.41) is 9.11. The van der Waals surface area contributed by atoms with Crippen molar-refractivity contribution in [1.82, 2.24) is 9.03 Å². The molecule has 112 valence electrons. The first-order valence-corrected chi connectivity index (χ1v) is 8.13. The Bertz CT molecular complexity index is 419. The van der Waals surface area contributed by atoms with Crippen molar-refractivity contribution in [1.29, 1.82) is 0 Å². The summed E-state index contributed by atoms with van der Waals surface area (Å²) >= 11 is 0. The van der Waals surface area contributed by atoms with Crippen molar-refractivity contribution in [3.8, 4) is 0 Å². The second kappa shape index (κ2) is 6.19. The molecule has 1 fully saturated rings. The molecule has 1 unspecified atom stereocenters. The molecule has 0 aromatic rings. The lowest BCUT2D eigenvalue weighted by Crippen LogP contribution is -2.53. The van der Waals surface area contributed by atoms with Gasteiger partial charge in [-0.05, 0) is 31.1 Å². The molecule has 1 aliphatic heterocycles. The highest BCUT2D eigenvalue weighted by atomic mass is 32.2. The van der Waals surface area contributed by atoms with Gasteiger partial charge in [-0.25, -0.2) is 4.72 Å². The fourth-order valence-corrected chi connectivity index (χ4v) is 3.57. The molecular formula is C12H24N2O4S. The van der Waals surface area contributed by atoms with E-state index in [4.69, 9.17) is 5.11 Å². The third-order valence-corrected chi connectivity index (χ3v) is 5.30. The van der Waals surface area contributed by atoms with Crippen molar-refractivity contribution in [3.05, 3.63) is 0 Å². The molecule has 0 saturated carbocycles. The van der Waals surface area contributed by atoms with Gasteiger partial charge in [0.1, 0.15) is 6.04 Å². The zero-order valence-electron chi connectivity index (χ0n) is 11.8. The number of carbonyl (C=O) groups is 1. The molecule has 1 saturated heterocycles. The Kier molecular flexibility index (Phi) is 5.34. The van der Waals surface area contributed by atoms with E-state index in [9.17, 15) is 13.2 Å². The molecule has 0 aliphatic carbocycles. The number of hydrogen-bond donors (Lipinski definition) is 2. The van der Waals surface area contributed by atoms with Gasteiger partial charge < -0.3 is 5.11 Å². The van der Waals surface area contributed by atoms with Crippen LogP contribution >= 0.6 is 0 Å². The third kappa shape index (κ3) is 4.43. The molecule has 0 aromatic heterocycles. The zero-order valence-corrected chi connectivity index (χ0v) is 12.7. The summed E-state index contributed by atoms with van der Waals surface area (Å²) in [4.78, 5) is 11.1. The first-order valence-electron chi connectivity index (χ1n) is 6.69. The monoisotopic (exact) mass is 292 g/mol. The third-order valence-electron chi connectivity index (χ3n) is 3.74. The molecule has 19 heavy (non-hydrogen) atoms. The van der Waals surface area contributed by atoms with E-state index >= 15 is 0 Å². The van der Waals surface area contributed by atoms with E-state index in [-0.39, 0.29) is 12.0 Å². The number of rotatable bonds is 6. The van der Waals surface area contributed by atoms with Crippen molar-refractivity contribution >= 4 is 16.2 Å². The number of piperidine rings is 1. The van der Waals surface area contributed by atoms with Crippen LogP contribution in [0.15, 0.2) is 0 Å². The van der Waals surface area contributed by atoms with E-state index in [0.29, 0.717) is 19.4 Å². The summed E-state index contributed by atoms with van der Waals surface area (Å²) in [6.07, 6.45) is 2.69. The van der Waals surface area contributed by atoms with E-state index in [1.807, 2.05) is 20.8 Å². The van der Waals surface area contributed by atoms with Gasteiger partial charge in [-0.15, -0.1) is 0 Å². The molecule has 0 spiro atoms. The minimum atomic E-state index is -3.72. The van der Waals surface area contributed by atoms with Gasteiger partial charge in [0.05, 0.1) is 0 Å². The standard InChI is InChI=1S/C12H24N2O4S/c1-4-12(2,3)9-13-19(17,18)14-8-6-5-7-10(14)11(15)16/h10,13H,4-9H2,1-3H3,(H,15,16). The topological polar surface area (TPSA) is 86.7 Å². The molecule has 0 bridgehead atoms. The highest BCUT2D eigenvalue weighted by Crippen LogP contribution is 2.22. The Balaban J connectivity index is 2.77. The Labute approximate surface area is 115 Å². The van der Waals surface area contributed by atoms with E-state index < -0.39 is 22.2 Å². The van der Waals surface area contributed by atoms with Crippen LogP contribution in [0, 0.1) is 5.41 Å². The minimum Gasteiger partial charge on any atom is -0.480 e. The van der Waals surface area contributed by atoms with Crippen LogP contribution in [0.25, 0.3) is 0 Å². The summed E-state index contributed by atoms with van der Waals surface area (Å²) < 4.78 is 28.1. The normalized spacial score (nSPS) is 22.4. The number of aliphatic carboxylic acids is 1. The van der Waals surface area contributed by atoms with Crippen LogP contribution in [0.5, 0.6) is 0 Å². The van der Waals surface area contributed by atoms with Crippen LogP contribution in [0.2, 0.25) is 0 Å². The summed E-state index contributed by atoms with van der Waals surface area (Å²) in [6, 6.07) is -0.934. The lowest BCUT2D eigenvalue weighted by molar-refractivity contribution is -0.142. The predicted molar refractivity (Wildman–Crippen MR) is 73.0 cm³/mol. The van der Waals surface area contributed by atoms with Gasteiger partial charge in [0, 0.05) is 13.1 Å². The maximum Gasteiger partial charge on any atom is 0.322 e. The molecule has 7 heteroatoms. The lowest BCUT2D eigenvalue weighted by atomic mass is 9.91. The first kappa shape index (κ1) is 16.4. The quantitative estimate of drug-likeness (QED) is 0.770. The summed E-state index contributed by atoms with van der Waals surface area (Å²) in [6.45, 7) is 6.53. The van der Waals surface area contributed by atoms with Gasteiger partial charge >= 0.3 is 5.97 Å². The van der Waals surface area contributed by atoms with E-state index in [0.717, 1.165) is 17.1 Å². The fourth-order valence-electron chi connectivity index (χ4n) is 1.93. The maximum absolute atomic E-state index is 12.2. The van der Waals surface area contributed by atoms with Gasteiger partial charge in [-0.1, -0.05) is 20.8 Å². The predicted octanol–water partition coefficient (Wildman–Crippen LogP) is 1.20. The van der Waals surface area contributed by atoms with Crippen LogP contribution in [-0.2, 0) is 15.0 Å². The summed E-state index contributed by atoms with van der Waals surface area (Å²) in [5.74, 6) is -1.07. The van der Waals surface area contributed by atoms with Crippen molar-refractivity contribution < 1.29 is 18.3 Å². The van der Waals surface area contributed by atoms with Gasteiger partial charge in [0.15, 0.2) is 0 Å². The molecule has 0 aromatic carbocycles. The second-order valence-electron chi connectivity index (χ2n) is 5.80. The van der Waals surface area contributed by atoms with Crippen molar-refractivity contribution in [2.45, 2.75) is 52.5 Å². The van der Waals surface area contributed by atoms with Crippen LogP contribution in [0.3, 0.4) is 0 Å². The van der Waals surface area contributed by atoms with Crippen LogP contribution in [0.1, 0.15) is 46.5 Å². The van der Waals surface area contributed by atoms with Crippen molar-refractivity contribution in [2.24, 2.45) is 5.41 Å². The Morgan fingerprint density at radius 2 is 2.05 bits per heavy atom. The van der Waals surface area contributed by atoms with Crippen LogP contribution in [0.4, 0.5) is 0 Å². The fraction of sp³-hybridized carbons (Fsp3) is 0.917. The van der Waals surface area contributed by atoms with Gasteiger partial charge in [0.25, 0.3) is 10.2 Å². The summed E-state index contributed by atoms with van der Waals surface area (Å²) in [5.41, 5.74) is -0.137. The van der Waals surface area contributed by atoms with Crippen LogP contribution < -0.4 is 4.72 Å². The molecule has 1 aliphatic rings. The van der Waals surface area contributed by atoms with Gasteiger partial charge in [0.2, 0.25) is 0 Å². The first-order chi connectivity index (χ1) is 8.69. The number of carboxylic acids is 1. The second-order valence-corrected chi connectivity index (χ2v) is 7.51. The molecule has 0 radical (unpaired) electrons. The van der Waals surface area contributed by atoms with E-state index in [2.05, 4.69) is 4.72 Å². The highest BCUT2D eigenvalue weighted by Gasteiger charge is 2.37. The largest absolute Gasteiger partial charge is 0.480 e. The highest BCUT2D eigenvalue weighted by molar-refractivity contribution is 7.87. The lowest BCUT2D eigenvalue weighted by Gasteiger charge is -2.33. The summed E-state index contributed by atoms with van der Waals surface area (Å²) in [7, 11) is -3.72. The Morgan fingerprint density at radius 1 is 1.42 bits per heavy atom. The van der Waals surface area contributed by atoms with Gasteiger partial charge in [-0.2, -0.15) is 12.7 Å². The van der Waals surface area contributed by atoms with E-state index in [1.165, 1.54) is 0 Å². The SMILES string of the molecule is CCC(C)(C)CNS(=O)(=O)N1CCCCC1C(=O)O. The molecule has 1 heterocycles. The minimum absolute atomic E-state index is 0.137. The maximum atomic E-state index is 12.2. The average Bonchev–Trinajstić information content (AvgIpc) is 2.37. The number of hydrogen-bond acceptors (Lipinski definition) is 3. The molecule has 0 amide bonds. The number of nitrogens with zero attached hydrogens (tertiary/aromatic N) is 1. The number of carboxylic acid groups (broad SMARTS) is 1. The number of nitrogens with one attached hydrogen (secondary N) is 1. The van der Waals surface area contributed by atoms with Crippen LogP contribution in [-0.4, -0.2) is 42.9 Å². The molecular weight excluding hydrogens is 268 g/mol.